The number of thioether (sulfide) groups is 1. The average molecular weight is 273 g/mol. The van der Waals surface area contributed by atoms with Gasteiger partial charge in [-0.2, -0.15) is 16.6 Å². The molecule has 1 amide bonds. The van der Waals surface area contributed by atoms with Crippen molar-refractivity contribution in [2.24, 2.45) is 0 Å². The summed E-state index contributed by atoms with van der Waals surface area (Å²) in [5.41, 5.74) is 8.11. The summed E-state index contributed by atoms with van der Waals surface area (Å²) in [6, 6.07) is -1.11. The lowest BCUT2D eigenvalue weighted by atomic mass is 10.1. The summed E-state index contributed by atoms with van der Waals surface area (Å²) >= 11 is 1.38. The maximum Gasteiger partial charge on any atom is 0.326 e. The maximum atomic E-state index is 11.3. The van der Waals surface area contributed by atoms with E-state index in [9.17, 15) is 14.4 Å². The molecule has 0 unspecified atom stereocenters. The number of carbonyl (C=O) groups is 3. The predicted molar refractivity (Wildman–Crippen MR) is 66.5 cm³/mol. The smallest absolute Gasteiger partial charge is 0.326 e. The fraction of sp³-hybridized carbons (Fsp3) is 0.600. The van der Waals surface area contributed by atoms with Crippen LogP contribution in [0, 0.1) is 0 Å². The molecule has 0 saturated carbocycles. The van der Waals surface area contributed by atoms with Gasteiger partial charge in [-0.25, -0.2) is 4.79 Å². The van der Waals surface area contributed by atoms with Gasteiger partial charge < -0.3 is 16.0 Å². The van der Waals surface area contributed by atoms with Gasteiger partial charge in [-0.3, -0.25) is 9.59 Å². The van der Waals surface area contributed by atoms with Crippen LogP contribution in [0.1, 0.15) is 19.8 Å². The highest BCUT2D eigenvalue weighted by Gasteiger charge is 2.21. The minimum absolute atomic E-state index is 0.0390. The molecule has 0 heterocycles. The van der Waals surface area contributed by atoms with Crippen molar-refractivity contribution in [3.05, 3.63) is 5.53 Å². The van der Waals surface area contributed by atoms with Crippen molar-refractivity contribution < 1.29 is 24.3 Å². The van der Waals surface area contributed by atoms with E-state index in [2.05, 4.69) is 10.1 Å². The number of carboxylic acids is 1. The lowest BCUT2D eigenvalue weighted by Crippen LogP contribution is -2.42. The van der Waals surface area contributed by atoms with E-state index in [1.54, 1.807) is 0 Å². The molecule has 0 aliphatic rings. The molecule has 7 nitrogen and oxygen atoms in total. The number of ketones is 1. The molecular weight excluding hydrogens is 258 g/mol. The molecule has 0 aliphatic carbocycles. The van der Waals surface area contributed by atoms with E-state index >= 15 is 0 Å². The Hall–Kier alpha value is -1.66. The van der Waals surface area contributed by atoms with E-state index < -0.39 is 17.8 Å². The number of nitrogens with one attached hydrogen (secondary N) is 1. The highest BCUT2D eigenvalue weighted by atomic mass is 32.2. The topological polar surface area (TPSA) is 120 Å². The third kappa shape index (κ3) is 7.59. The standard InChI is InChI=1S/C10H15N3O4S/c1-2-18-6-9(15)13-8(10(16)17)4-3-7(14)5-12-11/h5,8H,2-4,6H2,1H3,(H,13,15)(H,16,17)/t8-/m0/s1. The zero-order valence-electron chi connectivity index (χ0n) is 9.96. The van der Waals surface area contributed by atoms with E-state index in [-0.39, 0.29) is 24.5 Å². The molecule has 0 saturated heterocycles. The van der Waals surface area contributed by atoms with Gasteiger partial charge in [0.2, 0.25) is 11.7 Å². The van der Waals surface area contributed by atoms with Crippen LogP contribution in [-0.4, -0.2) is 51.3 Å². The molecule has 0 bridgehead atoms. The lowest BCUT2D eigenvalue weighted by molar-refractivity contribution is -0.141. The number of amides is 1. The number of carbonyl (C=O) groups excluding carboxylic acids is 2. The molecule has 0 spiro atoms. The Morgan fingerprint density at radius 3 is 2.67 bits per heavy atom. The Bertz CT molecular complexity index is 366. The number of rotatable bonds is 9. The zero-order valence-corrected chi connectivity index (χ0v) is 10.8. The molecule has 0 aromatic carbocycles. The number of hydrogen-bond acceptors (Lipinski definition) is 4. The summed E-state index contributed by atoms with van der Waals surface area (Å²) < 4.78 is 0. The van der Waals surface area contributed by atoms with Gasteiger partial charge in [0, 0.05) is 6.42 Å². The van der Waals surface area contributed by atoms with Crippen molar-refractivity contribution in [1.82, 2.24) is 5.32 Å². The van der Waals surface area contributed by atoms with Crippen LogP contribution >= 0.6 is 11.8 Å². The highest BCUT2D eigenvalue weighted by Crippen LogP contribution is 2.01. The second kappa shape index (κ2) is 9.38. The van der Waals surface area contributed by atoms with Crippen LogP contribution in [-0.2, 0) is 14.4 Å². The van der Waals surface area contributed by atoms with Gasteiger partial charge in [-0.15, -0.1) is 0 Å². The molecule has 100 valence electrons. The van der Waals surface area contributed by atoms with Crippen LogP contribution in [0.4, 0.5) is 0 Å². The van der Waals surface area contributed by atoms with Gasteiger partial charge in [-0.1, -0.05) is 6.92 Å². The molecule has 1 atom stereocenters. The van der Waals surface area contributed by atoms with Crippen molar-refractivity contribution in [2.75, 3.05) is 11.5 Å². The third-order valence-electron chi connectivity index (χ3n) is 1.95. The van der Waals surface area contributed by atoms with Crippen LogP contribution in [0.25, 0.3) is 5.53 Å². The van der Waals surface area contributed by atoms with Crippen molar-refractivity contribution in [3.63, 3.8) is 0 Å². The number of hydrogen-bond donors (Lipinski definition) is 2. The first-order valence-corrected chi connectivity index (χ1v) is 6.46. The molecule has 0 radical (unpaired) electrons. The van der Waals surface area contributed by atoms with Gasteiger partial charge >= 0.3 is 12.2 Å². The van der Waals surface area contributed by atoms with Crippen molar-refractivity contribution in [2.45, 2.75) is 25.8 Å². The fourth-order valence-electron chi connectivity index (χ4n) is 1.10. The van der Waals surface area contributed by atoms with Crippen LogP contribution in [0.5, 0.6) is 0 Å². The SMILES string of the molecule is CCSCC(=O)N[C@@H](CCC(=O)C=[N+]=[N-])C(=O)O. The number of aliphatic carboxylic acids is 1. The van der Waals surface area contributed by atoms with E-state index in [0.29, 0.717) is 6.21 Å². The Morgan fingerprint density at radius 1 is 1.50 bits per heavy atom. The summed E-state index contributed by atoms with van der Waals surface area (Å²) in [7, 11) is 0. The predicted octanol–water partition coefficient (Wildman–Crippen LogP) is -0.0412. The van der Waals surface area contributed by atoms with Crippen LogP contribution in [0.15, 0.2) is 0 Å². The summed E-state index contributed by atoms with van der Waals surface area (Å²) in [4.78, 5) is 35.8. The van der Waals surface area contributed by atoms with E-state index in [4.69, 9.17) is 10.6 Å². The summed E-state index contributed by atoms with van der Waals surface area (Å²) in [5, 5.41) is 11.2. The van der Waals surface area contributed by atoms with Gasteiger partial charge in [-0.05, 0) is 12.2 Å². The van der Waals surface area contributed by atoms with Crippen LogP contribution in [0.2, 0.25) is 0 Å². The zero-order chi connectivity index (χ0) is 14.0. The Morgan fingerprint density at radius 2 is 2.17 bits per heavy atom. The molecule has 0 rings (SSSR count). The molecule has 8 heteroatoms. The molecule has 0 aliphatic heterocycles. The van der Waals surface area contributed by atoms with E-state index in [1.165, 1.54) is 11.8 Å². The second-order valence-corrected chi connectivity index (χ2v) is 4.62. The second-order valence-electron chi connectivity index (χ2n) is 3.35. The minimum Gasteiger partial charge on any atom is -0.480 e. The van der Waals surface area contributed by atoms with Crippen molar-refractivity contribution in [1.29, 1.82) is 0 Å². The van der Waals surface area contributed by atoms with Crippen LogP contribution < -0.4 is 5.32 Å². The molecule has 0 aromatic heterocycles. The summed E-state index contributed by atoms with van der Waals surface area (Å²) in [5.74, 6) is -1.12. The first kappa shape index (κ1) is 16.3. The molecule has 2 N–H and O–H groups in total. The number of Topliss-reactive ketones (excluding diaryl/α,β-unsaturated/α-hetero) is 1. The first-order valence-electron chi connectivity index (χ1n) is 5.31. The van der Waals surface area contributed by atoms with Gasteiger partial charge in [0.15, 0.2) is 0 Å². The number of carboxylic acid groups (broad SMARTS) is 1. The maximum absolute atomic E-state index is 11.3. The normalized spacial score (nSPS) is 11.2. The Kier molecular flexibility index (Phi) is 8.51. The molecule has 0 aromatic rings. The van der Waals surface area contributed by atoms with Crippen LogP contribution in [0.3, 0.4) is 0 Å². The Labute approximate surface area is 109 Å². The Balaban J connectivity index is 4.23. The minimum atomic E-state index is -1.20. The van der Waals surface area contributed by atoms with Crippen molar-refractivity contribution in [3.8, 4) is 0 Å². The molecular formula is C10H15N3O4S. The molecule has 0 fully saturated rings. The fourth-order valence-corrected chi connectivity index (χ4v) is 1.58. The first-order chi connectivity index (χ1) is 8.51. The highest BCUT2D eigenvalue weighted by molar-refractivity contribution is 7.99. The van der Waals surface area contributed by atoms with Gasteiger partial charge in [0.05, 0.1) is 5.75 Å². The quantitative estimate of drug-likeness (QED) is 0.347. The summed E-state index contributed by atoms with van der Waals surface area (Å²) in [6.07, 6.45) is 0.554. The van der Waals surface area contributed by atoms with E-state index in [0.717, 1.165) is 5.75 Å². The summed E-state index contributed by atoms with van der Waals surface area (Å²) in [6.45, 7) is 1.89. The average Bonchev–Trinajstić information content (AvgIpc) is 2.31. The monoisotopic (exact) mass is 273 g/mol. The lowest BCUT2D eigenvalue weighted by Gasteiger charge is -2.12. The largest absolute Gasteiger partial charge is 0.480 e. The molecule has 18 heavy (non-hydrogen) atoms. The van der Waals surface area contributed by atoms with Gasteiger partial charge in [0.25, 0.3) is 0 Å². The van der Waals surface area contributed by atoms with E-state index in [1.807, 2.05) is 6.92 Å². The van der Waals surface area contributed by atoms with Crippen molar-refractivity contribution >= 4 is 35.6 Å². The van der Waals surface area contributed by atoms with Gasteiger partial charge in [0.1, 0.15) is 6.04 Å². The number of nitrogens with zero attached hydrogens (tertiary/aromatic N) is 2. The third-order valence-corrected chi connectivity index (χ3v) is 2.83.